The monoisotopic (exact) mass is 206 g/mol. The van der Waals surface area contributed by atoms with Gasteiger partial charge in [0.15, 0.2) is 0 Å². The van der Waals surface area contributed by atoms with Gasteiger partial charge in [0, 0.05) is 11.6 Å². The smallest absolute Gasteiger partial charge is 0.228 e. The molecule has 1 heterocycles. The molecule has 1 aromatic carbocycles. The molecule has 14 heavy (non-hydrogen) atoms. The van der Waals surface area contributed by atoms with Gasteiger partial charge in [-0.15, -0.1) is 0 Å². The van der Waals surface area contributed by atoms with E-state index in [0.29, 0.717) is 6.03 Å². The Morgan fingerprint density at radius 1 is 1.29 bits per heavy atom. The first-order valence-electron chi connectivity index (χ1n) is 3.79. The van der Waals surface area contributed by atoms with Gasteiger partial charge in [-0.1, -0.05) is 18.2 Å². The van der Waals surface area contributed by atoms with Crippen molar-refractivity contribution in [2.75, 3.05) is 0 Å². The minimum atomic E-state index is -0.432. The quantitative estimate of drug-likeness (QED) is 0.529. The van der Waals surface area contributed by atoms with E-state index in [-0.39, 0.29) is 0 Å². The van der Waals surface area contributed by atoms with Crippen molar-refractivity contribution in [3.05, 3.63) is 36.8 Å². The number of para-hydroxylation sites is 1. The molecule has 70 valence electrons. The number of rotatable bonds is 1. The summed E-state index contributed by atoms with van der Waals surface area (Å²) in [5, 5.41) is 1.09. The number of fused-ring (bicyclic) bond motifs is 1. The van der Waals surface area contributed by atoms with Crippen molar-refractivity contribution >= 4 is 25.4 Å². The van der Waals surface area contributed by atoms with Crippen LogP contribution in [0.15, 0.2) is 36.8 Å². The Morgan fingerprint density at radius 3 is 2.64 bits per heavy atom. The van der Waals surface area contributed by atoms with Gasteiger partial charge >= 0.3 is 0 Å². The fourth-order valence-electron chi connectivity index (χ4n) is 0.923. The van der Waals surface area contributed by atoms with Crippen LogP contribution in [-0.4, -0.2) is 16.0 Å². The predicted molar refractivity (Wildman–Crippen MR) is 53.9 cm³/mol. The van der Waals surface area contributed by atoms with E-state index >= 15 is 0 Å². The summed E-state index contributed by atoms with van der Waals surface area (Å²) >= 11 is 0. The summed E-state index contributed by atoms with van der Waals surface area (Å²) in [5.74, 6) is 0. The maximum Gasteiger partial charge on any atom is 0.228 e. The molecule has 4 nitrogen and oxygen atoms in total. The van der Waals surface area contributed by atoms with Crippen LogP contribution in [0, 0.1) is 0 Å². The number of nitrogens with zero attached hydrogens (tertiary/aromatic N) is 2. The molecule has 2 aromatic rings. The van der Waals surface area contributed by atoms with E-state index < -0.39 is 8.46 Å². The van der Waals surface area contributed by atoms with Crippen molar-refractivity contribution in [3.63, 3.8) is 0 Å². The van der Waals surface area contributed by atoms with E-state index in [1.54, 1.807) is 6.33 Å². The van der Waals surface area contributed by atoms with E-state index in [1.165, 1.54) is 0 Å². The van der Waals surface area contributed by atoms with Crippen LogP contribution in [0.1, 0.15) is 0 Å². The molecule has 0 aliphatic rings. The van der Waals surface area contributed by atoms with Crippen LogP contribution < -0.4 is 0 Å². The lowest BCUT2D eigenvalue weighted by atomic mass is 10.2. The summed E-state index contributed by atoms with van der Waals surface area (Å²) in [6.45, 7) is 0. The van der Waals surface area contributed by atoms with Gasteiger partial charge in [0.05, 0.1) is 5.52 Å². The summed E-state index contributed by atoms with van der Waals surface area (Å²) < 4.78 is 8.90. The number of carbonyl (C=O) groups is 1. The van der Waals surface area contributed by atoms with Crippen LogP contribution in [0.25, 0.3) is 10.9 Å². The Hall–Kier alpha value is -1.67. The summed E-state index contributed by atoms with van der Waals surface area (Å²) in [4.78, 5) is 16.8. The van der Waals surface area contributed by atoms with E-state index in [4.69, 9.17) is 9.36 Å². The lowest BCUT2D eigenvalue weighted by Gasteiger charge is -1.90. The molecular formula is C9H7N2O2P. The molecule has 0 fully saturated rings. The molecule has 0 unspecified atom stereocenters. The average Bonchev–Trinajstić information content (AvgIpc) is 2.30. The average molecular weight is 206 g/mol. The SMILES string of the molecule is O=CP=O.c1ccc2ncncc2c1. The zero-order chi connectivity index (χ0) is 10.2. The Morgan fingerprint density at radius 2 is 2.00 bits per heavy atom. The molecule has 0 saturated carbocycles. The van der Waals surface area contributed by atoms with Gasteiger partial charge in [0.25, 0.3) is 0 Å². The van der Waals surface area contributed by atoms with Crippen molar-refractivity contribution in [1.82, 2.24) is 9.97 Å². The molecule has 0 saturated heterocycles. The first kappa shape index (κ1) is 10.4. The van der Waals surface area contributed by atoms with Crippen LogP contribution in [0.3, 0.4) is 0 Å². The largest absolute Gasteiger partial charge is 0.290 e. The molecule has 1 aromatic heterocycles. The van der Waals surface area contributed by atoms with Crippen LogP contribution in [0.5, 0.6) is 0 Å². The Balaban J connectivity index is 0.000000213. The van der Waals surface area contributed by atoms with E-state index in [2.05, 4.69) is 9.97 Å². The standard InChI is InChI=1S/C8H6N2.CHO2P/c1-2-4-8-7(3-1)5-9-6-10-8;2-1-4-3/h1-6H;1H. The molecule has 0 spiro atoms. The fraction of sp³-hybridized carbons (Fsp3) is 0. The maximum absolute atomic E-state index is 8.90. The van der Waals surface area contributed by atoms with Gasteiger partial charge < -0.3 is 0 Å². The lowest BCUT2D eigenvalue weighted by Crippen LogP contribution is -1.77. The minimum absolute atomic E-state index is 0.292. The number of aromatic nitrogens is 2. The van der Waals surface area contributed by atoms with Crippen molar-refractivity contribution in [1.29, 1.82) is 0 Å². The van der Waals surface area contributed by atoms with Crippen LogP contribution in [0.4, 0.5) is 0 Å². The van der Waals surface area contributed by atoms with Gasteiger partial charge in [-0.05, 0) is 6.07 Å². The molecule has 2 rings (SSSR count). The molecule has 0 bridgehead atoms. The second kappa shape index (κ2) is 5.89. The third kappa shape index (κ3) is 2.99. The highest BCUT2D eigenvalue weighted by Gasteiger charge is 1.87. The topological polar surface area (TPSA) is 59.9 Å². The van der Waals surface area contributed by atoms with Crippen molar-refractivity contribution in [3.8, 4) is 0 Å². The van der Waals surface area contributed by atoms with E-state index in [0.717, 1.165) is 10.9 Å². The molecule has 5 heteroatoms. The van der Waals surface area contributed by atoms with Crippen LogP contribution in [0.2, 0.25) is 0 Å². The van der Waals surface area contributed by atoms with Gasteiger partial charge in [0.2, 0.25) is 14.5 Å². The molecule has 0 radical (unpaired) electrons. The molecule has 0 N–H and O–H groups in total. The zero-order valence-corrected chi connectivity index (χ0v) is 8.09. The van der Waals surface area contributed by atoms with Crippen LogP contribution >= 0.6 is 8.46 Å². The Labute approximate surface area is 82.2 Å². The van der Waals surface area contributed by atoms with E-state index in [1.807, 2.05) is 30.5 Å². The number of carbonyl (C=O) groups excluding carboxylic acids is 1. The molecule has 0 aliphatic carbocycles. The van der Waals surface area contributed by atoms with Gasteiger partial charge in [0.1, 0.15) is 6.33 Å². The van der Waals surface area contributed by atoms with Crippen molar-refractivity contribution in [2.24, 2.45) is 0 Å². The summed E-state index contributed by atoms with van der Waals surface area (Å²) in [7, 11) is -0.432. The van der Waals surface area contributed by atoms with E-state index in [9.17, 15) is 0 Å². The first-order valence-corrected chi connectivity index (χ1v) is 4.67. The Bertz CT molecular complexity index is 362. The number of hydrogen-bond acceptors (Lipinski definition) is 4. The van der Waals surface area contributed by atoms with Gasteiger partial charge in [-0.3, -0.25) is 9.36 Å². The third-order valence-electron chi connectivity index (χ3n) is 1.46. The van der Waals surface area contributed by atoms with Gasteiger partial charge in [-0.2, -0.15) is 0 Å². The minimum Gasteiger partial charge on any atom is -0.290 e. The summed E-state index contributed by atoms with van der Waals surface area (Å²) in [6, 6.07) is 8.20. The number of hydrogen-bond donors (Lipinski definition) is 0. The molecular weight excluding hydrogens is 199 g/mol. The number of benzene rings is 1. The normalized spacial score (nSPS) is 9.14. The second-order valence-electron chi connectivity index (χ2n) is 2.29. The van der Waals surface area contributed by atoms with Gasteiger partial charge in [-0.25, -0.2) is 9.97 Å². The third-order valence-corrected chi connectivity index (χ3v) is 1.54. The zero-order valence-electron chi connectivity index (χ0n) is 7.20. The Kier molecular flexibility index (Phi) is 4.38. The fourth-order valence-corrected chi connectivity index (χ4v) is 0.923. The van der Waals surface area contributed by atoms with Crippen molar-refractivity contribution < 1.29 is 9.36 Å². The first-order chi connectivity index (χ1) is 6.88. The van der Waals surface area contributed by atoms with Crippen LogP contribution in [-0.2, 0) is 9.36 Å². The lowest BCUT2D eigenvalue weighted by molar-refractivity contribution is 0.562. The molecule has 0 atom stereocenters. The molecule has 0 aliphatic heterocycles. The van der Waals surface area contributed by atoms with Crippen molar-refractivity contribution in [2.45, 2.75) is 0 Å². The second-order valence-corrected chi connectivity index (χ2v) is 2.71. The predicted octanol–water partition coefficient (Wildman–Crippen LogP) is 2.10. The summed E-state index contributed by atoms with van der Waals surface area (Å²) in [5.41, 5.74) is 0.998. The highest BCUT2D eigenvalue weighted by molar-refractivity contribution is 7.42. The highest BCUT2D eigenvalue weighted by Crippen LogP contribution is 2.06. The molecule has 0 amide bonds. The highest BCUT2D eigenvalue weighted by atomic mass is 31.1. The maximum atomic E-state index is 8.90. The summed E-state index contributed by atoms with van der Waals surface area (Å²) in [6.07, 6.45) is 3.37.